The van der Waals surface area contributed by atoms with Crippen LogP contribution in [0.3, 0.4) is 0 Å². The molecule has 0 spiro atoms. The Morgan fingerprint density at radius 1 is 1.50 bits per heavy atom. The Balaban J connectivity index is 4.02. The van der Waals surface area contributed by atoms with Crippen molar-refractivity contribution in [1.29, 1.82) is 0 Å². The lowest BCUT2D eigenvalue weighted by molar-refractivity contribution is -0.107. The second kappa shape index (κ2) is 4.91. The van der Waals surface area contributed by atoms with Gasteiger partial charge in [0.2, 0.25) is 0 Å². The fourth-order valence-corrected chi connectivity index (χ4v) is 0.612. The van der Waals surface area contributed by atoms with E-state index in [4.69, 9.17) is 0 Å². The lowest BCUT2D eigenvalue weighted by Crippen LogP contribution is -1.87. The second-order valence-electron chi connectivity index (χ2n) is 2.23. The molecule has 0 aliphatic heterocycles. The molecular weight excluding hydrogens is 126 g/mol. The Morgan fingerprint density at radius 2 is 2.10 bits per heavy atom. The van der Waals surface area contributed by atoms with Gasteiger partial charge in [-0.3, -0.25) is 4.99 Å². The van der Waals surface area contributed by atoms with Crippen molar-refractivity contribution in [2.75, 3.05) is 7.05 Å². The third kappa shape index (κ3) is 4.01. The van der Waals surface area contributed by atoms with Crippen LogP contribution in [0.4, 0.5) is 0 Å². The van der Waals surface area contributed by atoms with E-state index in [2.05, 4.69) is 4.99 Å². The number of rotatable bonds is 3. The van der Waals surface area contributed by atoms with Crippen LogP contribution in [-0.2, 0) is 4.79 Å². The van der Waals surface area contributed by atoms with Crippen molar-refractivity contribution in [3.05, 3.63) is 11.6 Å². The predicted molar refractivity (Wildman–Crippen MR) is 43.5 cm³/mol. The van der Waals surface area contributed by atoms with E-state index in [1.807, 2.05) is 19.9 Å². The zero-order chi connectivity index (χ0) is 7.98. The highest BCUT2D eigenvalue weighted by Crippen LogP contribution is 1.96. The first-order valence-electron chi connectivity index (χ1n) is 3.25. The van der Waals surface area contributed by atoms with Crippen LogP contribution in [-0.4, -0.2) is 19.0 Å². The maximum Gasteiger partial charge on any atom is 0.124 e. The van der Waals surface area contributed by atoms with Crippen molar-refractivity contribution in [3.63, 3.8) is 0 Å². The molecule has 0 aliphatic carbocycles. The van der Waals surface area contributed by atoms with Crippen molar-refractivity contribution in [2.24, 2.45) is 4.99 Å². The molecule has 0 aromatic rings. The van der Waals surface area contributed by atoms with Crippen LogP contribution >= 0.6 is 0 Å². The standard InChI is InChI=1S/C8H13NO/c1-7(4-5-10)6-8(2)9-3/h5-6H,4H2,1-3H3/b7-6+,9-8?. The molecule has 0 rings (SSSR count). The van der Waals surface area contributed by atoms with E-state index >= 15 is 0 Å². The molecule has 2 heteroatoms. The molecule has 0 aromatic carbocycles. The Labute approximate surface area is 61.7 Å². The molecule has 0 N–H and O–H groups in total. The minimum absolute atomic E-state index is 0.507. The first kappa shape index (κ1) is 9.08. The number of hydrogen-bond donors (Lipinski definition) is 0. The summed E-state index contributed by atoms with van der Waals surface area (Å²) >= 11 is 0. The summed E-state index contributed by atoms with van der Waals surface area (Å²) < 4.78 is 0. The van der Waals surface area contributed by atoms with Gasteiger partial charge in [-0.25, -0.2) is 0 Å². The molecule has 0 aliphatic rings. The number of hydrogen-bond acceptors (Lipinski definition) is 2. The molecule has 0 fully saturated rings. The Hall–Kier alpha value is -0.920. The number of carbonyl (C=O) groups is 1. The van der Waals surface area contributed by atoms with E-state index in [0.29, 0.717) is 6.42 Å². The maximum atomic E-state index is 10.0. The van der Waals surface area contributed by atoms with Crippen molar-refractivity contribution in [2.45, 2.75) is 20.3 Å². The van der Waals surface area contributed by atoms with Crippen LogP contribution in [0.2, 0.25) is 0 Å². The number of carbonyl (C=O) groups excluding carboxylic acids is 1. The van der Waals surface area contributed by atoms with Crippen LogP contribution in [0, 0.1) is 0 Å². The molecule has 0 amide bonds. The molecule has 0 atom stereocenters. The summed E-state index contributed by atoms with van der Waals surface area (Å²) in [4.78, 5) is 13.9. The van der Waals surface area contributed by atoms with Gasteiger partial charge in [-0.2, -0.15) is 0 Å². The third-order valence-electron chi connectivity index (χ3n) is 1.21. The van der Waals surface area contributed by atoms with Gasteiger partial charge >= 0.3 is 0 Å². The van der Waals surface area contributed by atoms with E-state index < -0.39 is 0 Å². The van der Waals surface area contributed by atoms with Crippen LogP contribution in [0.15, 0.2) is 16.6 Å². The molecule has 0 radical (unpaired) electrons. The quantitative estimate of drug-likeness (QED) is 0.431. The first-order chi connectivity index (χ1) is 4.70. The van der Waals surface area contributed by atoms with Crippen LogP contribution in [0.25, 0.3) is 0 Å². The van der Waals surface area contributed by atoms with Gasteiger partial charge in [-0.1, -0.05) is 5.57 Å². The van der Waals surface area contributed by atoms with Gasteiger partial charge < -0.3 is 4.79 Å². The van der Waals surface area contributed by atoms with Gasteiger partial charge in [0.25, 0.3) is 0 Å². The summed E-state index contributed by atoms with van der Waals surface area (Å²) in [7, 11) is 1.74. The average molecular weight is 139 g/mol. The second-order valence-corrected chi connectivity index (χ2v) is 2.23. The number of aliphatic imine (C=N–C) groups is 1. The predicted octanol–water partition coefficient (Wildman–Crippen LogP) is 1.61. The summed E-state index contributed by atoms with van der Waals surface area (Å²) in [5.74, 6) is 0. The van der Waals surface area contributed by atoms with Gasteiger partial charge in [0, 0.05) is 19.2 Å². The SMILES string of the molecule is CN=C(C)/C=C(\C)CC=O. The zero-order valence-electron chi connectivity index (χ0n) is 6.72. The number of allylic oxidation sites excluding steroid dienone is 2. The molecule has 56 valence electrons. The normalized spacial score (nSPS) is 13.5. The zero-order valence-corrected chi connectivity index (χ0v) is 6.72. The highest BCUT2D eigenvalue weighted by atomic mass is 16.1. The number of aldehydes is 1. The molecule has 0 aromatic heterocycles. The topological polar surface area (TPSA) is 29.4 Å². The molecule has 0 saturated heterocycles. The molecular formula is C8H13NO. The summed E-state index contributed by atoms with van der Waals surface area (Å²) in [6.45, 7) is 3.83. The molecule has 0 bridgehead atoms. The van der Waals surface area contributed by atoms with E-state index in [0.717, 1.165) is 17.6 Å². The molecule has 0 saturated carbocycles. The largest absolute Gasteiger partial charge is 0.303 e. The maximum absolute atomic E-state index is 10.0. The van der Waals surface area contributed by atoms with Gasteiger partial charge in [0.05, 0.1) is 0 Å². The van der Waals surface area contributed by atoms with Crippen molar-refractivity contribution < 1.29 is 4.79 Å². The van der Waals surface area contributed by atoms with Crippen molar-refractivity contribution in [1.82, 2.24) is 0 Å². The third-order valence-corrected chi connectivity index (χ3v) is 1.21. The van der Waals surface area contributed by atoms with Crippen LogP contribution in [0.5, 0.6) is 0 Å². The monoisotopic (exact) mass is 139 g/mol. The molecule has 0 unspecified atom stereocenters. The highest BCUT2D eigenvalue weighted by molar-refractivity contribution is 5.93. The average Bonchev–Trinajstić information content (AvgIpc) is 1.88. The van der Waals surface area contributed by atoms with Crippen molar-refractivity contribution >= 4 is 12.0 Å². The van der Waals surface area contributed by atoms with Gasteiger partial charge in [0.1, 0.15) is 6.29 Å². The minimum atomic E-state index is 0.507. The van der Waals surface area contributed by atoms with Gasteiger partial charge in [-0.15, -0.1) is 0 Å². The fraction of sp³-hybridized carbons (Fsp3) is 0.500. The number of nitrogens with zero attached hydrogens (tertiary/aromatic N) is 1. The van der Waals surface area contributed by atoms with E-state index in [9.17, 15) is 4.79 Å². The van der Waals surface area contributed by atoms with E-state index in [-0.39, 0.29) is 0 Å². The van der Waals surface area contributed by atoms with Crippen LogP contribution in [0.1, 0.15) is 20.3 Å². The summed E-state index contributed by atoms with van der Waals surface area (Å²) in [6, 6.07) is 0. The summed E-state index contributed by atoms with van der Waals surface area (Å²) in [6.07, 6.45) is 3.32. The highest BCUT2D eigenvalue weighted by Gasteiger charge is 1.87. The molecule has 2 nitrogen and oxygen atoms in total. The fourth-order valence-electron chi connectivity index (χ4n) is 0.612. The van der Waals surface area contributed by atoms with Gasteiger partial charge in [-0.05, 0) is 19.9 Å². The lowest BCUT2D eigenvalue weighted by Gasteiger charge is -1.92. The Morgan fingerprint density at radius 3 is 2.50 bits per heavy atom. The molecule has 10 heavy (non-hydrogen) atoms. The minimum Gasteiger partial charge on any atom is -0.303 e. The van der Waals surface area contributed by atoms with Gasteiger partial charge in [0.15, 0.2) is 0 Å². The first-order valence-corrected chi connectivity index (χ1v) is 3.25. The lowest BCUT2D eigenvalue weighted by atomic mass is 10.2. The summed E-state index contributed by atoms with van der Waals surface area (Å²) in [5, 5.41) is 0. The van der Waals surface area contributed by atoms with Crippen molar-refractivity contribution in [3.8, 4) is 0 Å². The van der Waals surface area contributed by atoms with Crippen LogP contribution < -0.4 is 0 Å². The molecule has 0 heterocycles. The smallest absolute Gasteiger partial charge is 0.124 e. The summed E-state index contributed by atoms with van der Waals surface area (Å²) in [5.41, 5.74) is 2.01. The Bertz CT molecular complexity index is 168. The Kier molecular flexibility index (Phi) is 4.46. The van der Waals surface area contributed by atoms with E-state index in [1.165, 1.54) is 0 Å². The van der Waals surface area contributed by atoms with E-state index in [1.54, 1.807) is 7.05 Å².